The lowest BCUT2D eigenvalue weighted by Crippen LogP contribution is -2.34. The van der Waals surface area contributed by atoms with Crippen molar-refractivity contribution in [3.63, 3.8) is 0 Å². The highest BCUT2D eigenvalue weighted by atomic mass is 16.5. The average molecular weight is 441 g/mol. The predicted molar refractivity (Wildman–Crippen MR) is 122 cm³/mol. The zero-order chi connectivity index (χ0) is 23.1. The van der Waals surface area contributed by atoms with Crippen molar-refractivity contribution >= 4 is 11.7 Å². The van der Waals surface area contributed by atoms with Gasteiger partial charge in [0.2, 0.25) is 5.78 Å². The van der Waals surface area contributed by atoms with Crippen LogP contribution < -0.4 is 4.74 Å². The molecule has 0 aliphatic carbocycles. The SMILES string of the molecule is CCCOc1ccc([C@H]2C(C(=O)c3ccco3)=C(O)C(=O)N2CCCN(CC)CC)cc1. The van der Waals surface area contributed by atoms with Crippen molar-refractivity contribution in [2.24, 2.45) is 0 Å². The van der Waals surface area contributed by atoms with Gasteiger partial charge in [0.1, 0.15) is 5.75 Å². The maximum atomic E-state index is 13.2. The Hall–Kier alpha value is -3.06. The molecule has 1 atom stereocenters. The Morgan fingerprint density at radius 1 is 1.16 bits per heavy atom. The third-order valence-electron chi connectivity index (χ3n) is 5.73. The molecule has 2 heterocycles. The molecule has 1 aromatic carbocycles. The lowest BCUT2D eigenvalue weighted by Gasteiger charge is -2.28. The Labute approximate surface area is 189 Å². The van der Waals surface area contributed by atoms with Crippen LogP contribution in [-0.2, 0) is 4.79 Å². The van der Waals surface area contributed by atoms with E-state index in [1.165, 1.54) is 12.3 Å². The van der Waals surface area contributed by atoms with Gasteiger partial charge in [-0.05, 0) is 62.3 Å². The first kappa shape index (κ1) is 23.6. The largest absolute Gasteiger partial charge is 0.503 e. The molecule has 7 nitrogen and oxygen atoms in total. The summed E-state index contributed by atoms with van der Waals surface area (Å²) in [6, 6.07) is 9.80. The monoisotopic (exact) mass is 440 g/mol. The van der Waals surface area contributed by atoms with Gasteiger partial charge in [-0.25, -0.2) is 0 Å². The van der Waals surface area contributed by atoms with Gasteiger partial charge in [0, 0.05) is 6.54 Å². The Kier molecular flexibility index (Phi) is 8.11. The number of aliphatic hydroxyl groups is 1. The molecule has 32 heavy (non-hydrogen) atoms. The predicted octanol–water partition coefficient (Wildman–Crippen LogP) is 4.38. The van der Waals surface area contributed by atoms with Gasteiger partial charge in [0.25, 0.3) is 5.91 Å². The Bertz CT molecular complexity index is 930. The van der Waals surface area contributed by atoms with Gasteiger partial charge >= 0.3 is 0 Å². The highest BCUT2D eigenvalue weighted by molar-refractivity contribution is 6.15. The van der Waals surface area contributed by atoms with E-state index < -0.39 is 23.5 Å². The van der Waals surface area contributed by atoms with Gasteiger partial charge in [-0.3, -0.25) is 9.59 Å². The molecule has 0 saturated carbocycles. The minimum absolute atomic E-state index is 0.0509. The number of benzene rings is 1. The number of hydrogen-bond acceptors (Lipinski definition) is 6. The van der Waals surface area contributed by atoms with Crippen LogP contribution in [0.3, 0.4) is 0 Å². The van der Waals surface area contributed by atoms with E-state index in [0.717, 1.165) is 43.8 Å². The van der Waals surface area contributed by atoms with E-state index in [2.05, 4.69) is 18.7 Å². The molecule has 2 aromatic rings. The molecular formula is C25H32N2O5. The molecule has 172 valence electrons. The zero-order valence-electron chi connectivity index (χ0n) is 19.0. The highest BCUT2D eigenvalue weighted by Crippen LogP contribution is 2.39. The van der Waals surface area contributed by atoms with Crippen LogP contribution in [0.5, 0.6) is 5.75 Å². The molecule has 1 aromatic heterocycles. The molecule has 0 fully saturated rings. The van der Waals surface area contributed by atoms with Crippen molar-refractivity contribution in [2.45, 2.75) is 39.7 Å². The van der Waals surface area contributed by atoms with Crippen LogP contribution in [0.2, 0.25) is 0 Å². The van der Waals surface area contributed by atoms with Gasteiger partial charge in [-0.2, -0.15) is 0 Å². The molecule has 0 spiro atoms. The summed E-state index contributed by atoms with van der Waals surface area (Å²) < 4.78 is 10.9. The molecule has 0 saturated heterocycles. The van der Waals surface area contributed by atoms with Crippen molar-refractivity contribution in [3.8, 4) is 5.75 Å². The summed E-state index contributed by atoms with van der Waals surface area (Å²) in [5, 5.41) is 10.7. The second-order valence-corrected chi connectivity index (χ2v) is 7.77. The molecule has 0 unspecified atom stereocenters. The minimum atomic E-state index is -0.683. The van der Waals surface area contributed by atoms with Crippen LogP contribution in [-0.4, -0.2) is 59.4 Å². The summed E-state index contributed by atoms with van der Waals surface area (Å²) in [6.45, 7) is 9.96. The van der Waals surface area contributed by atoms with Gasteiger partial charge in [0.15, 0.2) is 11.5 Å². The molecule has 0 bridgehead atoms. The molecule has 7 heteroatoms. The van der Waals surface area contributed by atoms with Crippen molar-refractivity contribution in [1.82, 2.24) is 9.80 Å². The first-order chi connectivity index (χ1) is 15.5. The van der Waals surface area contributed by atoms with E-state index >= 15 is 0 Å². The molecule has 1 aliphatic heterocycles. The third kappa shape index (κ3) is 5.05. The van der Waals surface area contributed by atoms with E-state index in [-0.39, 0.29) is 11.3 Å². The fourth-order valence-electron chi connectivity index (χ4n) is 3.97. The summed E-state index contributed by atoms with van der Waals surface area (Å²) >= 11 is 0. The molecule has 1 amide bonds. The summed E-state index contributed by atoms with van der Waals surface area (Å²) in [4.78, 5) is 30.0. The number of ketones is 1. The molecule has 1 aliphatic rings. The average Bonchev–Trinajstić information content (AvgIpc) is 3.43. The fraction of sp³-hybridized carbons (Fsp3) is 0.440. The van der Waals surface area contributed by atoms with Crippen LogP contribution in [0.25, 0.3) is 0 Å². The first-order valence-corrected chi connectivity index (χ1v) is 11.3. The number of rotatable bonds is 12. The summed E-state index contributed by atoms with van der Waals surface area (Å²) in [5.74, 6) is -0.706. The van der Waals surface area contributed by atoms with Crippen LogP contribution in [0.4, 0.5) is 0 Å². The van der Waals surface area contributed by atoms with E-state index in [9.17, 15) is 14.7 Å². The molecule has 3 rings (SSSR count). The minimum Gasteiger partial charge on any atom is -0.503 e. The smallest absolute Gasteiger partial charge is 0.290 e. The lowest BCUT2D eigenvalue weighted by molar-refractivity contribution is -0.129. The summed E-state index contributed by atoms with van der Waals surface area (Å²) in [7, 11) is 0. The quantitative estimate of drug-likeness (QED) is 0.493. The number of carbonyl (C=O) groups excluding carboxylic acids is 2. The number of Topliss-reactive ketones (excluding diaryl/α,β-unsaturated/α-hetero) is 1. The topological polar surface area (TPSA) is 83.2 Å². The first-order valence-electron chi connectivity index (χ1n) is 11.3. The zero-order valence-corrected chi connectivity index (χ0v) is 19.0. The number of furan rings is 1. The van der Waals surface area contributed by atoms with Gasteiger partial charge < -0.3 is 24.1 Å². The Morgan fingerprint density at radius 3 is 2.47 bits per heavy atom. The number of nitrogens with zero attached hydrogens (tertiary/aromatic N) is 2. The van der Waals surface area contributed by atoms with Crippen molar-refractivity contribution in [2.75, 3.05) is 32.8 Å². The Balaban J connectivity index is 1.90. The molecular weight excluding hydrogens is 408 g/mol. The lowest BCUT2D eigenvalue weighted by atomic mass is 9.95. The van der Waals surface area contributed by atoms with E-state index in [0.29, 0.717) is 13.2 Å². The Morgan fingerprint density at radius 2 is 1.88 bits per heavy atom. The van der Waals surface area contributed by atoms with Crippen molar-refractivity contribution in [1.29, 1.82) is 0 Å². The van der Waals surface area contributed by atoms with E-state index in [1.807, 2.05) is 31.2 Å². The third-order valence-corrected chi connectivity index (χ3v) is 5.73. The van der Waals surface area contributed by atoms with Crippen LogP contribution in [0.15, 0.2) is 58.4 Å². The number of amides is 1. The number of carbonyl (C=O) groups is 2. The van der Waals surface area contributed by atoms with E-state index in [4.69, 9.17) is 9.15 Å². The van der Waals surface area contributed by atoms with Crippen molar-refractivity contribution in [3.05, 3.63) is 65.3 Å². The summed E-state index contributed by atoms with van der Waals surface area (Å²) in [5.41, 5.74) is 0.791. The van der Waals surface area contributed by atoms with E-state index in [1.54, 1.807) is 11.0 Å². The second kappa shape index (κ2) is 11.0. The number of hydrogen-bond donors (Lipinski definition) is 1. The number of aliphatic hydroxyl groups excluding tert-OH is 1. The highest BCUT2D eigenvalue weighted by Gasteiger charge is 2.44. The maximum Gasteiger partial charge on any atom is 0.290 e. The second-order valence-electron chi connectivity index (χ2n) is 7.77. The van der Waals surface area contributed by atoms with Crippen molar-refractivity contribution < 1.29 is 23.8 Å². The normalized spacial score (nSPS) is 16.3. The van der Waals surface area contributed by atoms with Gasteiger partial charge in [0.05, 0.1) is 24.5 Å². The number of ether oxygens (including phenoxy) is 1. The standard InChI is InChI=1S/C25H32N2O5/c1-4-16-31-19-12-10-18(11-13-19)22-21(23(28)20-9-7-17-32-20)24(29)25(30)27(22)15-8-14-26(5-2)6-3/h7,9-13,17,22,29H,4-6,8,14-16H2,1-3H3/t22-/m0/s1. The maximum absolute atomic E-state index is 13.2. The summed E-state index contributed by atoms with van der Waals surface area (Å²) in [6.07, 6.45) is 3.03. The molecule has 1 N–H and O–H groups in total. The van der Waals surface area contributed by atoms with Crippen LogP contribution >= 0.6 is 0 Å². The van der Waals surface area contributed by atoms with Gasteiger partial charge in [-0.15, -0.1) is 0 Å². The fourth-order valence-corrected chi connectivity index (χ4v) is 3.97. The molecule has 0 radical (unpaired) electrons. The van der Waals surface area contributed by atoms with Crippen LogP contribution in [0.1, 0.15) is 55.8 Å². The van der Waals surface area contributed by atoms with Gasteiger partial charge in [-0.1, -0.05) is 32.9 Å². The van der Waals surface area contributed by atoms with Crippen LogP contribution in [0, 0.1) is 0 Å².